The molecule has 2 atom stereocenters. The van der Waals surface area contributed by atoms with Gasteiger partial charge in [-0.1, -0.05) is 20.3 Å². The number of unbranched alkanes of at least 4 members (excludes halogenated alkanes) is 3. The molecule has 0 aromatic rings. The Balaban J connectivity index is 0. The zero-order valence-corrected chi connectivity index (χ0v) is 14.9. The van der Waals surface area contributed by atoms with E-state index in [1.54, 1.807) is 7.11 Å². The highest BCUT2D eigenvalue weighted by Gasteiger charge is 2.17. The molecule has 0 aromatic heterocycles. The van der Waals surface area contributed by atoms with Crippen LogP contribution in [0.1, 0.15) is 33.1 Å². The third-order valence-electron chi connectivity index (χ3n) is 2.91. The summed E-state index contributed by atoms with van der Waals surface area (Å²) in [5, 5.41) is 2.64. The van der Waals surface area contributed by atoms with Crippen LogP contribution in [0.3, 0.4) is 0 Å². The summed E-state index contributed by atoms with van der Waals surface area (Å²) in [5.74, 6) is 0. The number of alkyl carbamates (subject to hydrolysis) is 1. The Morgan fingerprint density at radius 1 is 1.12 bits per heavy atom. The molecule has 0 saturated carbocycles. The fourth-order valence-corrected chi connectivity index (χ4v) is 2.06. The third-order valence-corrected chi connectivity index (χ3v) is 3.88. The van der Waals surface area contributed by atoms with E-state index in [0.717, 1.165) is 26.4 Å². The first kappa shape index (κ1) is 25.5. The smallest absolute Gasteiger partial charge is 0.447 e. The molecular weight excluding hydrogens is 341 g/mol. The largest absolute Gasteiger partial charge is 0.471 e. The number of phosphoric ester groups is 1. The summed E-state index contributed by atoms with van der Waals surface area (Å²) < 4.78 is 34.9. The van der Waals surface area contributed by atoms with Gasteiger partial charge in [-0.05, 0) is 12.8 Å². The van der Waals surface area contributed by atoms with Crippen molar-refractivity contribution in [3.63, 3.8) is 0 Å². The molecule has 0 radical (unpaired) electrons. The summed E-state index contributed by atoms with van der Waals surface area (Å²) in [6.45, 7) is 1.15. The van der Waals surface area contributed by atoms with E-state index >= 15 is 0 Å². The molecular formula is C14H32NO8P. The Morgan fingerprint density at radius 2 is 1.79 bits per heavy atom. The van der Waals surface area contributed by atoms with Gasteiger partial charge in [0.05, 0.1) is 13.2 Å². The van der Waals surface area contributed by atoms with E-state index in [-0.39, 0.29) is 26.7 Å². The number of nitrogens with one attached hydrogen (secondary N) is 1. The lowest BCUT2D eigenvalue weighted by Gasteiger charge is -2.14. The molecule has 0 aliphatic heterocycles. The highest BCUT2D eigenvalue weighted by molar-refractivity contribution is 7.47. The van der Waals surface area contributed by atoms with Gasteiger partial charge in [0.2, 0.25) is 0 Å². The lowest BCUT2D eigenvalue weighted by molar-refractivity contribution is -0.0111. The van der Waals surface area contributed by atoms with Crippen LogP contribution in [-0.2, 0) is 27.8 Å². The maximum Gasteiger partial charge on any atom is 0.471 e. The minimum atomic E-state index is -3.86. The first-order chi connectivity index (χ1) is 10.9. The number of methoxy groups -OCH3 is 2. The molecule has 0 heterocycles. The topological polar surface area (TPSA) is 113 Å². The molecule has 0 aliphatic carbocycles. The van der Waals surface area contributed by atoms with Crippen LogP contribution in [0.5, 0.6) is 0 Å². The molecule has 0 rings (SSSR count). The van der Waals surface area contributed by atoms with Crippen molar-refractivity contribution in [2.75, 3.05) is 47.7 Å². The van der Waals surface area contributed by atoms with E-state index in [0.29, 0.717) is 19.6 Å². The number of amides is 1. The van der Waals surface area contributed by atoms with Crippen LogP contribution in [0.25, 0.3) is 0 Å². The minimum Gasteiger partial charge on any atom is -0.447 e. The van der Waals surface area contributed by atoms with Gasteiger partial charge in [0, 0.05) is 27.9 Å². The predicted molar refractivity (Wildman–Crippen MR) is 90.0 cm³/mol. The average Bonchev–Trinajstić information content (AvgIpc) is 2.53. The predicted octanol–water partition coefficient (Wildman–Crippen LogP) is 2.33. The Kier molecular flexibility index (Phi) is 16.8. The molecule has 9 nitrogen and oxygen atoms in total. The van der Waals surface area contributed by atoms with Gasteiger partial charge in [0.25, 0.3) is 0 Å². The van der Waals surface area contributed by atoms with Crippen molar-refractivity contribution in [3.8, 4) is 0 Å². The molecule has 0 fully saturated rings. The van der Waals surface area contributed by atoms with Gasteiger partial charge >= 0.3 is 13.9 Å². The Hall–Kier alpha value is -0.700. The summed E-state index contributed by atoms with van der Waals surface area (Å²) in [5.41, 5.74) is 0. The summed E-state index contributed by atoms with van der Waals surface area (Å²) in [6.07, 6.45) is 2.33. The summed E-state index contributed by atoms with van der Waals surface area (Å²) in [7, 11) is 0.328. The van der Waals surface area contributed by atoms with Crippen LogP contribution in [0.4, 0.5) is 4.79 Å². The maximum atomic E-state index is 11.4. The number of rotatable bonds is 14. The average molecular weight is 373 g/mol. The maximum absolute atomic E-state index is 11.4. The summed E-state index contributed by atoms with van der Waals surface area (Å²) in [4.78, 5) is 20.4. The number of hydrogen-bond acceptors (Lipinski definition) is 7. The standard InChI is InChI=1S/C13H28NO8P.CH4/c1-18-10-12(19-2)11-21-13(15)14-8-6-4-5-7-9-22-23(16,17)20-3;/h12H,4-11H2,1-3H3,(H,14,15)(H,16,17);1H4. The molecule has 0 bridgehead atoms. The molecule has 0 aromatic carbocycles. The van der Waals surface area contributed by atoms with E-state index in [9.17, 15) is 9.36 Å². The fourth-order valence-electron chi connectivity index (χ4n) is 1.59. The number of ether oxygens (including phenoxy) is 3. The van der Waals surface area contributed by atoms with Gasteiger partial charge in [0.1, 0.15) is 12.7 Å². The normalized spacial score (nSPS) is 14.3. The van der Waals surface area contributed by atoms with Gasteiger partial charge in [-0.25, -0.2) is 9.36 Å². The number of phosphoric acid groups is 1. The summed E-state index contributed by atoms with van der Waals surface area (Å²) >= 11 is 0. The van der Waals surface area contributed by atoms with Crippen LogP contribution >= 0.6 is 7.82 Å². The zero-order valence-electron chi connectivity index (χ0n) is 14.0. The van der Waals surface area contributed by atoms with Crippen molar-refractivity contribution < 1.29 is 37.5 Å². The minimum absolute atomic E-state index is 0. The number of hydrogen-bond donors (Lipinski definition) is 2. The highest BCUT2D eigenvalue weighted by Crippen LogP contribution is 2.41. The lowest BCUT2D eigenvalue weighted by atomic mass is 10.2. The number of carbonyl (C=O) groups is 1. The molecule has 1 amide bonds. The molecule has 10 heteroatoms. The zero-order chi connectivity index (χ0) is 17.6. The van der Waals surface area contributed by atoms with Crippen molar-refractivity contribution in [1.29, 1.82) is 0 Å². The first-order valence-corrected chi connectivity index (χ1v) is 8.90. The Labute approximate surface area is 144 Å². The van der Waals surface area contributed by atoms with Gasteiger partial charge in [-0.2, -0.15) is 0 Å². The van der Waals surface area contributed by atoms with Crippen LogP contribution in [0.2, 0.25) is 0 Å². The van der Waals surface area contributed by atoms with Crippen LogP contribution in [-0.4, -0.2) is 64.8 Å². The molecule has 0 aliphatic rings. The van der Waals surface area contributed by atoms with E-state index < -0.39 is 13.9 Å². The van der Waals surface area contributed by atoms with Crippen LogP contribution < -0.4 is 5.32 Å². The first-order valence-electron chi connectivity index (χ1n) is 7.40. The molecule has 0 saturated heterocycles. The highest BCUT2D eigenvalue weighted by atomic mass is 31.2. The van der Waals surface area contributed by atoms with Crippen molar-refractivity contribution in [2.45, 2.75) is 39.2 Å². The van der Waals surface area contributed by atoms with Crippen molar-refractivity contribution in [3.05, 3.63) is 0 Å². The van der Waals surface area contributed by atoms with Crippen LogP contribution in [0.15, 0.2) is 0 Å². The van der Waals surface area contributed by atoms with E-state index in [4.69, 9.17) is 19.1 Å². The fraction of sp³-hybridized carbons (Fsp3) is 0.929. The number of carbonyl (C=O) groups excluding carboxylic acids is 1. The second-order valence-corrected chi connectivity index (χ2v) is 6.30. The lowest BCUT2D eigenvalue weighted by Crippen LogP contribution is -2.31. The third kappa shape index (κ3) is 14.9. The van der Waals surface area contributed by atoms with Crippen molar-refractivity contribution in [2.24, 2.45) is 0 Å². The van der Waals surface area contributed by atoms with Gasteiger partial charge in [-0.3, -0.25) is 9.05 Å². The monoisotopic (exact) mass is 373 g/mol. The molecule has 0 spiro atoms. The van der Waals surface area contributed by atoms with Gasteiger partial charge in [0.15, 0.2) is 0 Å². The second-order valence-electron chi connectivity index (χ2n) is 4.74. The van der Waals surface area contributed by atoms with E-state index in [1.165, 1.54) is 7.11 Å². The second kappa shape index (κ2) is 15.8. The molecule has 2 N–H and O–H groups in total. The van der Waals surface area contributed by atoms with E-state index in [2.05, 4.69) is 14.4 Å². The molecule has 24 heavy (non-hydrogen) atoms. The van der Waals surface area contributed by atoms with E-state index in [1.807, 2.05) is 0 Å². The quantitative estimate of drug-likeness (QED) is 0.352. The summed E-state index contributed by atoms with van der Waals surface area (Å²) in [6, 6.07) is 0. The van der Waals surface area contributed by atoms with Gasteiger partial charge in [-0.15, -0.1) is 0 Å². The molecule has 2 unspecified atom stereocenters. The van der Waals surface area contributed by atoms with Crippen molar-refractivity contribution in [1.82, 2.24) is 5.32 Å². The van der Waals surface area contributed by atoms with Crippen LogP contribution in [0, 0.1) is 0 Å². The Bertz CT molecular complexity index is 356. The SMILES string of the molecule is C.COCC(COC(=O)NCCCCCCOP(=O)(O)OC)OC. The Morgan fingerprint density at radius 3 is 2.38 bits per heavy atom. The molecule has 146 valence electrons. The van der Waals surface area contributed by atoms with Gasteiger partial charge < -0.3 is 24.4 Å². The van der Waals surface area contributed by atoms with Crippen molar-refractivity contribution >= 4 is 13.9 Å².